The van der Waals surface area contributed by atoms with E-state index in [1.165, 1.54) is 11.0 Å². The lowest BCUT2D eigenvalue weighted by Crippen LogP contribution is -2.46. The molecule has 2 aromatic rings. The number of nitrogens with zero attached hydrogens (tertiary/aromatic N) is 3. The first kappa shape index (κ1) is 16.0. The third-order valence-corrected chi connectivity index (χ3v) is 4.45. The Morgan fingerprint density at radius 2 is 1.96 bits per heavy atom. The smallest absolute Gasteiger partial charge is 0.323 e. The van der Waals surface area contributed by atoms with Gasteiger partial charge in [-0.15, -0.1) is 0 Å². The molecule has 1 saturated heterocycles. The molecule has 8 heteroatoms. The maximum absolute atomic E-state index is 12.5. The van der Waals surface area contributed by atoms with Crippen LogP contribution in [0.1, 0.15) is 26.7 Å². The van der Waals surface area contributed by atoms with Gasteiger partial charge in [-0.2, -0.15) is 0 Å². The lowest BCUT2D eigenvalue weighted by Gasteiger charge is -2.23. The van der Waals surface area contributed by atoms with Crippen molar-refractivity contribution in [3.63, 3.8) is 0 Å². The number of carbonyl (C=O) groups excluding carboxylic acids is 3. The summed E-state index contributed by atoms with van der Waals surface area (Å²) in [6.45, 7) is 3.34. The average molecular weight is 329 g/mol. The van der Waals surface area contributed by atoms with Gasteiger partial charge in [-0.3, -0.25) is 19.9 Å². The second-order valence-corrected chi connectivity index (χ2v) is 5.75. The van der Waals surface area contributed by atoms with Gasteiger partial charge in [-0.25, -0.2) is 14.5 Å². The Morgan fingerprint density at radius 3 is 2.62 bits per heavy atom. The van der Waals surface area contributed by atoms with Gasteiger partial charge in [0.25, 0.3) is 11.8 Å². The summed E-state index contributed by atoms with van der Waals surface area (Å²) in [5.41, 5.74) is 3.21. The Kier molecular flexibility index (Phi) is 3.96. The number of hydrogen-bond donors (Lipinski definition) is 2. The Labute approximate surface area is 138 Å². The molecule has 1 fully saturated rings. The quantitative estimate of drug-likeness (QED) is 0.806. The van der Waals surface area contributed by atoms with E-state index in [2.05, 4.69) is 15.7 Å². The van der Waals surface area contributed by atoms with E-state index in [1.54, 1.807) is 0 Å². The number of benzene rings is 1. The highest BCUT2D eigenvalue weighted by Gasteiger charge is 2.49. The first-order valence-electron chi connectivity index (χ1n) is 7.87. The van der Waals surface area contributed by atoms with Gasteiger partial charge >= 0.3 is 6.03 Å². The fourth-order valence-corrected chi connectivity index (χ4v) is 2.91. The Morgan fingerprint density at radius 1 is 1.25 bits per heavy atom. The number of amides is 4. The summed E-state index contributed by atoms with van der Waals surface area (Å²) >= 11 is 0. The maximum Gasteiger partial charge on any atom is 0.325 e. The number of urea groups is 1. The number of imide groups is 1. The molecule has 126 valence electrons. The number of nitrogens with one attached hydrogen (secondary N) is 2. The van der Waals surface area contributed by atoms with Crippen molar-refractivity contribution >= 4 is 28.9 Å². The van der Waals surface area contributed by atoms with Crippen molar-refractivity contribution in [1.29, 1.82) is 0 Å². The van der Waals surface area contributed by atoms with Crippen LogP contribution < -0.4 is 10.7 Å². The van der Waals surface area contributed by atoms with Gasteiger partial charge in [0.05, 0.1) is 11.0 Å². The average Bonchev–Trinajstić information content (AvgIpc) is 3.09. The molecule has 0 bridgehead atoms. The highest BCUT2D eigenvalue weighted by molar-refractivity contribution is 6.09. The van der Waals surface area contributed by atoms with Crippen LogP contribution in [0.5, 0.6) is 0 Å². The SMILES string of the molecule is CCC1(CC)NC(=O)N(CC(=O)Nn2cnc3ccccc32)C1=O. The molecule has 0 saturated carbocycles. The van der Waals surface area contributed by atoms with E-state index in [0.717, 1.165) is 15.9 Å². The van der Waals surface area contributed by atoms with E-state index in [4.69, 9.17) is 0 Å². The standard InChI is InChI=1S/C16H19N5O3/c1-3-16(4-2)14(23)20(15(24)18-16)9-13(22)19-21-10-17-11-7-5-6-8-12(11)21/h5-8,10H,3-4,9H2,1-2H3,(H,18,24)(H,19,22). The molecule has 1 aliphatic rings. The van der Waals surface area contributed by atoms with Gasteiger partial charge in [0.2, 0.25) is 0 Å². The molecule has 4 amide bonds. The van der Waals surface area contributed by atoms with Crippen LogP contribution in [0.4, 0.5) is 4.79 Å². The number of imidazole rings is 1. The third kappa shape index (κ3) is 2.49. The molecule has 8 nitrogen and oxygen atoms in total. The molecule has 0 radical (unpaired) electrons. The van der Waals surface area contributed by atoms with Gasteiger partial charge in [0.1, 0.15) is 18.4 Å². The predicted molar refractivity (Wildman–Crippen MR) is 87.7 cm³/mol. The summed E-state index contributed by atoms with van der Waals surface area (Å²) in [6, 6.07) is 6.79. The van der Waals surface area contributed by atoms with Gasteiger partial charge in [-0.1, -0.05) is 26.0 Å². The highest BCUT2D eigenvalue weighted by Crippen LogP contribution is 2.24. The Balaban J connectivity index is 1.73. The van der Waals surface area contributed by atoms with Crippen LogP contribution in [-0.4, -0.2) is 44.5 Å². The number of hydrogen-bond acceptors (Lipinski definition) is 4. The van der Waals surface area contributed by atoms with E-state index in [-0.39, 0.29) is 12.5 Å². The van der Waals surface area contributed by atoms with Crippen LogP contribution in [0, 0.1) is 0 Å². The second kappa shape index (κ2) is 5.95. The molecule has 3 rings (SSSR count). The molecule has 24 heavy (non-hydrogen) atoms. The minimum atomic E-state index is -0.904. The minimum Gasteiger partial charge on any atom is -0.323 e. The molecule has 0 aliphatic carbocycles. The highest BCUT2D eigenvalue weighted by atomic mass is 16.2. The van der Waals surface area contributed by atoms with E-state index >= 15 is 0 Å². The summed E-state index contributed by atoms with van der Waals surface area (Å²) in [6.07, 6.45) is 2.45. The topological polar surface area (TPSA) is 96.3 Å². The summed E-state index contributed by atoms with van der Waals surface area (Å²) in [7, 11) is 0. The number of carbonyl (C=O) groups is 3. The van der Waals surface area contributed by atoms with Gasteiger partial charge in [0, 0.05) is 0 Å². The lowest BCUT2D eigenvalue weighted by molar-refractivity contribution is -0.134. The molecule has 0 unspecified atom stereocenters. The summed E-state index contributed by atoms with van der Waals surface area (Å²) < 4.78 is 1.48. The first-order chi connectivity index (χ1) is 11.5. The molecule has 0 atom stereocenters. The Bertz CT molecular complexity index is 809. The van der Waals surface area contributed by atoms with Gasteiger partial charge in [0.15, 0.2) is 0 Å². The summed E-state index contributed by atoms with van der Waals surface area (Å²) in [4.78, 5) is 41.9. The first-order valence-corrected chi connectivity index (χ1v) is 7.87. The fraction of sp³-hybridized carbons (Fsp3) is 0.375. The molecule has 1 aromatic heterocycles. The predicted octanol–water partition coefficient (Wildman–Crippen LogP) is 1.22. The molecule has 2 N–H and O–H groups in total. The fourth-order valence-electron chi connectivity index (χ4n) is 2.91. The van der Waals surface area contributed by atoms with E-state index in [9.17, 15) is 14.4 Å². The molecular weight excluding hydrogens is 310 g/mol. The van der Waals surface area contributed by atoms with Crippen molar-refractivity contribution in [3.05, 3.63) is 30.6 Å². The van der Waals surface area contributed by atoms with Crippen molar-refractivity contribution in [2.45, 2.75) is 32.2 Å². The van der Waals surface area contributed by atoms with Gasteiger partial charge < -0.3 is 5.32 Å². The lowest BCUT2D eigenvalue weighted by atomic mass is 9.93. The van der Waals surface area contributed by atoms with Gasteiger partial charge in [-0.05, 0) is 25.0 Å². The summed E-state index contributed by atoms with van der Waals surface area (Å²) in [5.74, 6) is -0.826. The largest absolute Gasteiger partial charge is 0.325 e. The van der Waals surface area contributed by atoms with Crippen LogP contribution in [0.3, 0.4) is 0 Å². The molecular formula is C16H19N5O3. The van der Waals surface area contributed by atoms with Crippen molar-refractivity contribution in [2.75, 3.05) is 12.0 Å². The normalized spacial score (nSPS) is 16.5. The molecule has 0 spiro atoms. The zero-order valence-electron chi connectivity index (χ0n) is 13.6. The van der Waals surface area contributed by atoms with Crippen LogP contribution in [0.15, 0.2) is 30.6 Å². The van der Waals surface area contributed by atoms with Crippen molar-refractivity contribution in [2.24, 2.45) is 0 Å². The molecule has 2 heterocycles. The van der Waals surface area contributed by atoms with E-state index in [0.29, 0.717) is 12.8 Å². The van der Waals surface area contributed by atoms with Crippen molar-refractivity contribution in [1.82, 2.24) is 19.9 Å². The zero-order chi connectivity index (χ0) is 17.3. The monoisotopic (exact) mass is 329 g/mol. The van der Waals surface area contributed by atoms with E-state index in [1.807, 2.05) is 38.1 Å². The summed E-state index contributed by atoms with van der Waals surface area (Å²) in [5, 5.41) is 2.70. The number of fused-ring (bicyclic) bond motifs is 1. The van der Waals surface area contributed by atoms with Crippen LogP contribution >= 0.6 is 0 Å². The maximum atomic E-state index is 12.5. The van der Waals surface area contributed by atoms with Crippen LogP contribution in [0.2, 0.25) is 0 Å². The second-order valence-electron chi connectivity index (χ2n) is 5.75. The Hall–Kier alpha value is -2.90. The number of rotatable bonds is 5. The van der Waals surface area contributed by atoms with Crippen molar-refractivity contribution < 1.29 is 14.4 Å². The number of aromatic nitrogens is 2. The molecule has 1 aromatic carbocycles. The zero-order valence-corrected chi connectivity index (χ0v) is 13.6. The third-order valence-electron chi connectivity index (χ3n) is 4.45. The molecule has 1 aliphatic heterocycles. The minimum absolute atomic E-state index is 0.334. The van der Waals surface area contributed by atoms with E-state index < -0.39 is 17.5 Å². The van der Waals surface area contributed by atoms with Crippen LogP contribution in [0.25, 0.3) is 11.0 Å². The number of para-hydroxylation sites is 2. The van der Waals surface area contributed by atoms with Crippen LogP contribution in [-0.2, 0) is 9.59 Å². The van der Waals surface area contributed by atoms with Crippen molar-refractivity contribution in [3.8, 4) is 0 Å².